The van der Waals surface area contributed by atoms with Crippen LogP contribution in [0.25, 0.3) is 16.4 Å². The Kier molecular flexibility index (Phi) is 3.76. The van der Waals surface area contributed by atoms with E-state index in [2.05, 4.69) is 87.9 Å². The van der Waals surface area contributed by atoms with Gasteiger partial charge in [0.05, 0.1) is 6.20 Å². The zero-order valence-electron chi connectivity index (χ0n) is 16.4. The number of fused-ring (bicyclic) bond motifs is 3. The van der Waals surface area contributed by atoms with E-state index in [1.54, 1.807) is 0 Å². The molecule has 0 aliphatic carbocycles. The predicted molar refractivity (Wildman–Crippen MR) is 111 cm³/mol. The molecular weight excluding hydrogens is 318 g/mol. The predicted octanol–water partition coefficient (Wildman–Crippen LogP) is 6.08. The van der Waals surface area contributed by atoms with Crippen molar-refractivity contribution < 1.29 is 0 Å². The molecule has 26 heavy (non-hydrogen) atoms. The minimum absolute atomic E-state index is 0.884. The minimum Gasteiger partial charge on any atom is -0.338 e. The molecule has 4 rings (SSSR count). The topological polar surface area (TPSA) is 29.3 Å². The molecule has 2 heterocycles. The van der Waals surface area contributed by atoms with Gasteiger partial charge in [-0.05, 0) is 80.3 Å². The van der Waals surface area contributed by atoms with E-state index in [9.17, 15) is 0 Å². The summed E-state index contributed by atoms with van der Waals surface area (Å²) in [7, 11) is 0. The van der Waals surface area contributed by atoms with Crippen LogP contribution in [-0.4, -0.2) is 9.38 Å². The van der Waals surface area contributed by atoms with Crippen molar-refractivity contribution in [2.75, 3.05) is 5.32 Å². The first-order valence-corrected chi connectivity index (χ1v) is 9.09. The van der Waals surface area contributed by atoms with Crippen molar-refractivity contribution in [3.05, 3.63) is 70.0 Å². The van der Waals surface area contributed by atoms with Gasteiger partial charge in [0, 0.05) is 17.3 Å². The van der Waals surface area contributed by atoms with Crippen molar-refractivity contribution in [3.8, 4) is 0 Å². The number of imidazole rings is 1. The van der Waals surface area contributed by atoms with Gasteiger partial charge in [0.2, 0.25) is 0 Å². The van der Waals surface area contributed by atoms with Gasteiger partial charge in [0.1, 0.15) is 11.5 Å². The largest absolute Gasteiger partial charge is 0.338 e. The highest BCUT2D eigenvalue weighted by atomic mass is 15.1. The van der Waals surface area contributed by atoms with Crippen molar-refractivity contribution >= 4 is 27.9 Å². The minimum atomic E-state index is 0.884. The first-order chi connectivity index (χ1) is 12.4. The van der Waals surface area contributed by atoms with Gasteiger partial charge >= 0.3 is 0 Å². The lowest BCUT2D eigenvalue weighted by Gasteiger charge is -2.18. The van der Waals surface area contributed by atoms with Gasteiger partial charge in [-0.25, -0.2) is 4.98 Å². The summed E-state index contributed by atoms with van der Waals surface area (Å²) in [6.45, 7) is 13.1. The van der Waals surface area contributed by atoms with Gasteiger partial charge < -0.3 is 9.72 Å². The molecule has 0 fully saturated rings. The molecule has 0 saturated heterocycles. The number of pyridine rings is 1. The maximum Gasteiger partial charge on any atom is 0.149 e. The molecule has 1 N–H and O–H groups in total. The fourth-order valence-electron chi connectivity index (χ4n) is 3.87. The van der Waals surface area contributed by atoms with Gasteiger partial charge in [0.15, 0.2) is 0 Å². The van der Waals surface area contributed by atoms with Gasteiger partial charge in [-0.15, -0.1) is 0 Å². The van der Waals surface area contributed by atoms with Crippen LogP contribution in [0.2, 0.25) is 0 Å². The van der Waals surface area contributed by atoms with Crippen molar-refractivity contribution in [2.45, 2.75) is 41.5 Å². The maximum absolute atomic E-state index is 4.89. The van der Waals surface area contributed by atoms with Crippen LogP contribution in [0.4, 0.5) is 11.5 Å². The molecule has 0 aliphatic heterocycles. The normalized spacial score (nSPS) is 11.5. The average molecular weight is 343 g/mol. The van der Waals surface area contributed by atoms with E-state index in [-0.39, 0.29) is 0 Å². The summed E-state index contributed by atoms with van der Waals surface area (Å²) < 4.78 is 2.12. The monoisotopic (exact) mass is 343 g/mol. The Morgan fingerprint density at radius 3 is 1.96 bits per heavy atom. The van der Waals surface area contributed by atoms with Crippen molar-refractivity contribution in [1.82, 2.24) is 9.38 Å². The number of benzene rings is 2. The van der Waals surface area contributed by atoms with Crippen LogP contribution < -0.4 is 5.32 Å². The van der Waals surface area contributed by atoms with E-state index in [4.69, 9.17) is 4.98 Å². The summed E-state index contributed by atoms with van der Waals surface area (Å²) in [5.74, 6) is 0.884. The van der Waals surface area contributed by atoms with Crippen LogP contribution in [0.5, 0.6) is 0 Å². The van der Waals surface area contributed by atoms with Crippen LogP contribution in [0, 0.1) is 41.5 Å². The van der Waals surface area contributed by atoms with E-state index >= 15 is 0 Å². The molecule has 2 aromatic carbocycles. The maximum atomic E-state index is 4.89. The first-order valence-electron chi connectivity index (χ1n) is 9.09. The molecule has 4 aromatic rings. The molecule has 3 heteroatoms. The highest BCUT2D eigenvalue weighted by molar-refractivity contribution is 5.96. The number of aromatic nitrogens is 2. The summed E-state index contributed by atoms with van der Waals surface area (Å²) >= 11 is 0. The molecule has 0 unspecified atom stereocenters. The van der Waals surface area contributed by atoms with Gasteiger partial charge in [-0.3, -0.25) is 0 Å². The number of rotatable bonds is 2. The van der Waals surface area contributed by atoms with E-state index in [1.807, 2.05) is 0 Å². The lowest BCUT2D eigenvalue weighted by Crippen LogP contribution is -2.03. The second-order valence-corrected chi connectivity index (χ2v) is 7.34. The van der Waals surface area contributed by atoms with Crippen molar-refractivity contribution in [2.24, 2.45) is 0 Å². The first kappa shape index (κ1) is 16.6. The Bertz CT molecular complexity index is 1140. The van der Waals surface area contributed by atoms with Crippen LogP contribution in [0.3, 0.4) is 0 Å². The van der Waals surface area contributed by atoms with E-state index in [1.165, 1.54) is 49.8 Å². The van der Waals surface area contributed by atoms with Crippen LogP contribution in [-0.2, 0) is 0 Å². The molecule has 3 nitrogen and oxygen atoms in total. The Hall–Kier alpha value is -2.81. The van der Waals surface area contributed by atoms with Crippen molar-refractivity contribution in [1.29, 1.82) is 0 Å². The summed E-state index contributed by atoms with van der Waals surface area (Å²) in [4.78, 5) is 4.89. The van der Waals surface area contributed by atoms with Gasteiger partial charge in [-0.2, -0.15) is 0 Å². The zero-order chi connectivity index (χ0) is 18.6. The number of hydrogen-bond donors (Lipinski definition) is 1. The Morgan fingerprint density at radius 1 is 0.731 bits per heavy atom. The molecule has 0 aliphatic rings. The molecule has 0 atom stereocenters. The molecule has 0 saturated carbocycles. The second kappa shape index (κ2) is 5.87. The third-order valence-corrected chi connectivity index (χ3v) is 5.91. The fourth-order valence-corrected chi connectivity index (χ4v) is 3.87. The third kappa shape index (κ3) is 2.38. The molecule has 2 aromatic heterocycles. The average Bonchev–Trinajstić information content (AvgIpc) is 3.05. The van der Waals surface area contributed by atoms with Crippen molar-refractivity contribution in [3.63, 3.8) is 0 Å². The van der Waals surface area contributed by atoms with Crippen LogP contribution in [0.15, 0.2) is 36.7 Å². The Morgan fingerprint density at radius 2 is 1.31 bits per heavy atom. The van der Waals surface area contributed by atoms with Crippen LogP contribution >= 0.6 is 0 Å². The summed E-state index contributed by atoms with van der Waals surface area (Å²) in [6.07, 6.45) is 4.24. The zero-order valence-corrected chi connectivity index (χ0v) is 16.4. The Labute approximate surface area is 154 Å². The van der Waals surface area contributed by atoms with E-state index in [0.717, 1.165) is 11.5 Å². The molecular formula is C23H25N3. The summed E-state index contributed by atoms with van der Waals surface area (Å²) in [5.41, 5.74) is 10.1. The number of aryl methyl sites for hydroxylation is 1. The van der Waals surface area contributed by atoms with E-state index < -0.39 is 0 Å². The van der Waals surface area contributed by atoms with Gasteiger partial charge in [-0.1, -0.05) is 24.3 Å². The van der Waals surface area contributed by atoms with Gasteiger partial charge in [0.25, 0.3) is 0 Å². The third-order valence-electron chi connectivity index (χ3n) is 5.91. The lowest BCUT2D eigenvalue weighted by atomic mass is 9.93. The Balaban J connectivity index is 1.89. The molecule has 0 amide bonds. The summed E-state index contributed by atoms with van der Waals surface area (Å²) in [6, 6.07) is 8.46. The highest BCUT2D eigenvalue weighted by Gasteiger charge is 2.14. The lowest BCUT2D eigenvalue weighted by molar-refractivity contribution is 1.17. The van der Waals surface area contributed by atoms with E-state index in [0.29, 0.717) is 0 Å². The number of nitrogens with one attached hydrogen (secondary N) is 1. The second-order valence-electron chi connectivity index (χ2n) is 7.34. The fraction of sp³-hybridized carbons (Fsp3) is 0.261. The number of anilines is 2. The molecule has 0 bridgehead atoms. The van der Waals surface area contributed by atoms with Crippen LogP contribution in [0.1, 0.15) is 33.4 Å². The summed E-state index contributed by atoms with van der Waals surface area (Å²) in [5, 5.41) is 6.03. The SMILES string of the molecule is Cc1c(C)c(C)c(Nc2cn3cc(C)c4ccccc4c3n2)c(C)c1C. The number of nitrogens with zero attached hydrogens (tertiary/aromatic N) is 2. The molecule has 132 valence electrons. The highest BCUT2D eigenvalue weighted by Crippen LogP contribution is 2.33. The molecule has 0 radical (unpaired) electrons. The smallest absolute Gasteiger partial charge is 0.149 e. The molecule has 0 spiro atoms. The standard InChI is InChI=1S/C23H25N3/c1-13-11-26-12-21(25-23(26)20-10-8-7-9-19(13)20)24-22-17(5)15(3)14(2)16(4)18(22)6/h7-12,24H,1-6H3. The quantitative estimate of drug-likeness (QED) is 0.478. The number of hydrogen-bond acceptors (Lipinski definition) is 2.